The molecular weight excluding hydrogens is 628 g/mol. The number of hydrogen-bond acceptors (Lipinski definition) is 10. The number of aliphatic hydroxyl groups is 2. The molecule has 0 fully saturated rings. The van der Waals surface area contributed by atoms with Crippen LogP contribution in [-0.4, -0.2) is 73.7 Å². The number of carbonyl (C=O) groups is 4. The Morgan fingerprint density at radius 1 is 0.388 bits per heavy atom. The fourth-order valence-electron chi connectivity index (χ4n) is 5.30. The summed E-state index contributed by atoms with van der Waals surface area (Å²) in [6.07, 6.45) is 23.4. The first-order valence-corrected chi connectivity index (χ1v) is 19.7. The Morgan fingerprint density at radius 2 is 0.653 bits per heavy atom. The number of hydrogen-bond donors (Lipinski definition) is 2. The zero-order valence-electron chi connectivity index (χ0n) is 31.3. The Balaban J connectivity index is 3.88. The first-order chi connectivity index (χ1) is 23.8. The molecule has 0 rings (SSSR count). The molecule has 0 unspecified atom stereocenters. The first kappa shape index (κ1) is 46.8. The molecule has 0 atom stereocenters. The molecule has 0 bridgehead atoms. The van der Waals surface area contributed by atoms with Crippen molar-refractivity contribution >= 4 is 23.9 Å². The van der Waals surface area contributed by atoms with Crippen LogP contribution in [0.25, 0.3) is 0 Å². The van der Waals surface area contributed by atoms with Crippen LogP contribution in [0.1, 0.15) is 181 Å². The predicted octanol–water partition coefficient (Wildman–Crippen LogP) is 8.31. The molecule has 0 aromatic heterocycles. The summed E-state index contributed by atoms with van der Waals surface area (Å²) >= 11 is 0. The van der Waals surface area contributed by atoms with Gasteiger partial charge in [-0.2, -0.15) is 0 Å². The third-order valence-electron chi connectivity index (χ3n) is 8.79. The SMILES string of the molecule is CCCCCCCCCOC(=O)CCCCCCC(=O)OCC(CO)(CO)COC(=O)CCCCCCC(=O)OCCCCCCCCC. The fraction of sp³-hybridized carbons (Fsp3) is 0.897. The molecule has 2 N–H and O–H groups in total. The van der Waals surface area contributed by atoms with E-state index in [9.17, 15) is 29.4 Å². The highest BCUT2D eigenvalue weighted by Gasteiger charge is 2.33. The highest BCUT2D eigenvalue weighted by atomic mass is 16.6. The van der Waals surface area contributed by atoms with E-state index in [1.54, 1.807) is 0 Å². The lowest BCUT2D eigenvalue weighted by Crippen LogP contribution is -2.41. The van der Waals surface area contributed by atoms with Crippen LogP contribution in [0.4, 0.5) is 0 Å². The summed E-state index contributed by atoms with van der Waals surface area (Å²) < 4.78 is 21.2. The van der Waals surface area contributed by atoms with Crippen LogP contribution in [0.3, 0.4) is 0 Å². The van der Waals surface area contributed by atoms with Gasteiger partial charge in [0.05, 0.1) is 31.8 Å². The molecule has 0 radical (unpaired) electrons. The van der Waals surface area contributed by atoms with E-state index >= 15 is 0 Å². The Labute approximate surface area is 297 Å². The minimum absolute atomic E-state index is 0.168. The average Bonchev–Trinajstić information content (AvgIpc) is 3.10. The summed E-state index contributed by atoms with van der Waals surface area (Å²) in [6, 6.07) is 0. The molecule has 0 aliphatic heterocycles. The average molecular weight is 701 g/mol. The van der Waals surface area contributed by atoms with Gasteiger partial charge in [0.1, 0.15) is 13.2 Å². The maximum Gasteiger partial charge on any atom is 0.305 e. The van der Waals surface area contributed by atoms with Crippen LogP contribution in [0.2, 0.25) is 0 Å². The molecule has 0 spiro atoms. The zero-order chi connectivity index (χ0) is 36.3. The lowest BCUT2D eigenvalue weighted by molar-refractivity contribution is -0.159. The Kier molecular flexibility index (Phi) is 32.7. The molecule has 0 aliphatic rings. The van der Waals surface area contributed by atoms with Gasteiger partial charge < -0.3 is 29.2 Å². The van der Waals surface area contributed by atoms with Crippen LogP contribution in [0.5, 0.6) is 0 Å². The summed E-state index contributed by atoms with van der Waals surface area (Å²) in [5.41, 5.74) is -1.27. The van der Waals surface area contributed by atoms with Gasteiger partial charge in [-0.05, 0) is 38.5 Å². The lowest BCUT2D eigenvalue weighted by atomic mass is 9.92. The van der Waals surface area contributed by atoms with Crippen molar-refractivity contribution in [3.05, 3.63) is 0 Å². The molecule has 288 valence electrons. The summed E-state index contributed by atoms with van der Waals surface area (Å²) in [5, 5.41) is 19.7. The molecule has 49 heavy (non-hydrogen) atoms. The van der Waals surface area contributed by atoms with Crippen molar-refractivity contribution in [2.24, 2.45) is 5.41 Å². The second-order valence-corrected chi connectivity index (χ2v) is 13.6. The van der Waals surface area contributed by atoms with Crippen LogP contribution in [-0.2, 0) is 38.1 Å². The number of esters is 4. The third kappa shape index (κ3) is 30.4. The van der Waals surface area contributed by atoms with E-state index < -0.39 is 30.6 Å². The molecule has 0 saturated heterocycles. The lowest BCUT2D eigenvalue weighted by Gasteiger charge is -2.28. The van der Waals surface area contributed by atoms with Crippen molar-refractivity contribution < 1.29 is 48.3 Å². The molecule has 0 saturated carbocycles. The van der Waals surface area contributed by atoms with Crippen molar-refractivity contribution in [1.82, 2.24) is 0 Å². The van der Waals surface area contributed by atoms with E-state index in [0.717, 1.165) is 51.4 Å². The number of unbranched alkanes of at least 4 members (excludes halogenated alkanes) is 18. The highest BCUT2D eigenvalue weighted by molar-refractivity contribution is 5.70. The molecule has 0 aliphatic carbocycles. The second-order valence-electron chi connectivity index (χ2n) is 13.6. The monoisotopic (exact) mass is 701 g/mol. The van der Waals surface area contributed by atoms with E-state index in [1.807, 2.05) is 0 Å². The summed E-state index contributed by atoms with van der Waals surface area (Å²) in [4.78, 5) is 48.2. The second kappa shape index (κ2) is 34.3. The van der Waals surface area contributed by atoms with Crippen molar-refractivity contribution in [2.45, 2.75) is 181 Å². The van der Waals surface area contributed by atoms with Crippen LogP contribution < -0.4 is 0 Å². The maximum absolute atomic E-state index is 12.2. The minimum atomic E-state index is -1.27. The predicted molar refractivity (Wildman–Crippen MR) is 192 cm³/mol. The smallest absolute Gasteiger partial charge is 0.305 e. The first-order valence-electron chi connectivity index (χ1n) is 19.7. The van der Waals surface area contributed by atoms with Crippen molar-refractivity contribution in [1.29, 1.82) is 0 Å². The normalized spacial score (nSPS) is 11.3. The number of rotatable bonds is 36. The molecule has 10 nitrogen and oxygen atoms in total. The van der Waals surface area contributed by atoms with Crippen molar-refractivity contribution in [2.75, 3.05) is 39.6 Å². The molecule has 0 aromatic carbocycles. The maximum atomic E-state index is 12.2. The molecule has 10 heteroatoms. The van der Waals surface area contributed by atoms with Crippen molar-refractivity contribution in [3.63, 3.8) is 0 Å². The minimum Gasteiger partial charge on any atom is -0.466 e. The molecular formula is C39H72O10. The molecule has 0 amide bonds. The van der Waals surface area contributed by atoms with Gasteiger partial charge in [0.2, 0.25) is 0 Å². The van der Waals surface area contributed by atoms with Gasteiger partial charge in [0.15, 0.2) is 0 Å². The standard InChI is InChI=1S/C39H72O10/c1-3-5-7-9-11-17-23-29-46-35(42)25-19-13-15-21-27-37(44)48-33-39(31-40,32-41)34-49-38(45)28-22-16-14-20-26-36(43)47-30-24-18-12-10-8-6-4-2/h40-41H,3-34H2,1-2H3. The summed E-state index contributed by atoms with van der Waals surface area (Å²) in [6.45, 7) is 3.85. The van der Waals surface area contributed by atoms with Crippen LogP contribution in [0.15, 0.2) is 0 Å². The number of ether oxygens (including phenoxy) is 4. The van der Waals surface area contributed by atoms with Gasteiger partial charge in [-0.25, -0.2) is 0 Å². The third-order valence-corrected chi connectivity index (χ3v) is 8.79. The van der Waals surface area contributed by atoms with Crippen LogP contribution >= 0.6 is 0 Å². The van der Waals surface area contributed by atoms with E-state index in [2.05, 4.69) is 13.8 Å². The number of aliphatic hydroxyl groups excluding tert-OH is 2. The Bertz CT molecular complexity index is 750. The Morgan fingerprint density at radius 3 is 0.959 bits per heavy atom. The van der Waals surface area contributed by atoms with E-state index in [0.29, 0.717) is 51.7 Å². The van der Waals surface area contributed by atoms with Gasteiger partial charge in [0, 0.05) is 25.7 Å². The topological polar surface area (TPSA) is 146 Å². The molecule has 0 heterocycles. The highest BCUT2D eigenvalue weighted by Crippen LogP contribution is 2.19. The Hall–Kier alpha value is -2.20. The van der Waals surface area contributed by atoms with Gasteiger partial charge in [0.25, 0.3) is 0 Å². The van der Waals surface area contributed by atoms with Crippen LogP contribution in [0, 0.1) is 5.41 Å². The summed E-state index contributed by atoms with van der Waals surface area (Å²) in [5.74, 6) is -1.24. The van der Waals surface area contributed by atoms with E-state index in [-0.39, 0.29) is 38.0 Å². The summed E-state index contributed by atoms with van der Waals surface area (Å²) in [7, 11) is 0. The fourth-order valence-corrected chi connectivity index (χ4v) is 5.30. The van der Waals surface area contributed by atoms with E-state index in [1.165, 1.54) is 64.2 Å². The number of carbonyl (C=O) groups excluding carboxylic acids is 4. The molecule has 0 aromatic rings. The largest absolute Gasteiger partial charge is 0.466 e. The van der Waals surface area contributed by atoms with Gasteiger partial charge in [-0.1, -0.05) is 117 Å². The van der Waals surface area contributed by atoms with Crippen molar-refractivity contribution in [3.8, 4) is 0 Å². The zero-order valence-corrected chi connectivity index (χ0v) is 31.3. The van der Waals surface area contributed by atoms with Gasteiger partial charge >= 0.3 is 23.9 Å². The van der Waals surface area contributed by atoms with Gasteiger partial charge in [-0.3, -0.25) is 19.2 Å². The van der Waals surface area contributed by atoms with Gasteiger partial charge in [-0.15, -0.1) is 0 Å². The quantitative estimate of drug-likeness (QED) is 0.0372. The van der Waals surface area contributed by atoms with E-state index in [4.69, 9.17) is 18.9 Å².